The van der Waals surface area contributed by atoms with Gasteiger partial charge in [0.25, 0.3) is 0 Å². The van der Waals surface area contributed by atoms with Gasteiger partial charge in [-0.25, -0.2) is 0 Å². The number of unbranched alkanes of at least 4 members (excludes halogenated alkanes) is 51. The molecule has 0 aliphatic carbocycles. The molecule has 0 heterocycles. The zero-order chi connectivity index (χ0) is 49.3. The average molecular weight is 961 g/mol. The number of carbonyl (C=O) groups is 1. The van der Waals surface area contributed by atoms with Crippen LogP contribution in [0, 0.1) is 0 Å². The maximum Gasteiger partial charge on any atom is 0.249 e. The summed E-state index contributed by atoms with van der Waals surface area (Å²) in [6, 6.07) is -0.794. The van der Waals surface area contributed by atoms with Gasteiger partial charge in [0.2, 0.25) is 5.91 Å². The molecule has 406 valence electrons. The highest BCUT2D eigenvalue weighted by Gasteiger charge is 2.22. The molecule has 0 bridgehead atoms. The summed E-state index contributed by atoms with van der Waals surface area (Å²) in [5.74, 6) is -0.495. The Kier molecular flexibility index (Phi) is 57.9. The van der Waals surface area contributed by atoms with Crippen LogP contribution < -0.4 is 5.32 Å². The molecule has 0 saturated heterocycles. The van der Waals surface area contributed by atoms with Crippen LogP contribution in [0.4, 0.5) is 0 Å². The number of aliphatic hydroxyl groups excluding tert-OH is 3. The highest BCUT2D eigenvalue weighted by Crippen LogP contribution is 2.19. The minimum Gasteiger partial charge on any atom is -0.394 e. The first-order valence-corrected chi connectivity index (χ1v) is 31.5. The number of rotatable bonds is 59. The number of hydrogen-bond acceptors (Lipinski definition) is 4. The van der Waals surface area contributed by atoms with Gasteiger partial charge in [0.15, 0.2) is 0 Å². The van der Waals surface area contributed by atoms with Crippen molar-refractivity contribution in [1.29, 1.82) is 0 Å². The summed E-state index contributed by atoms with van der Waals surface area (Å²) in [5.41, 5.74) is 0. The Hall–Kier alpha value is -0.910. The van der Waals surface area contributed by atoms with Crippen LogP contribution in [0.2, 0.25) is 0 Å². The molecular formula is C63H125NO4. The van der Waals surface area contributed by atoms with Gasteiger partial charge in [-0.15, -0.1) is 0 Å². The van der Waals surface area contributed by atoms with Gasteiger partial charge in [-0.3, -0.25) is 4.79 Å². The number of carbonyl (C=O) groups excluding carboxylic acids is 1. The Labute approximate surface area is 427 Å². The van der Waals surface area contributed by atoms with Gasteiger partial charge in [0.05, 0.1) is 18.8 Å². The van der Waals surface area contributed by atoms with Crippen molar-refractivity contribution in [2.75, 3.05) is 6.61 Å². The molecule has 0 fully saturated rings. The fourth-order valence-electron chi connectivity index (χ4n) is 10.3. The van der Waals surface area contributed by atoms with Crippen LogP contribution in [0.25, 0.3) is 0 Å². The van der Waals surface area contributed by atoms with Crippen molar-refractivity contribution in [1.82, 2.24) is 5.32 Å². The van der Waals surface area contributed by atoms with Crippen LogP contribution in [0.15, 0.2) is 12.2 Å². The van der Waals surface area contributed by atoms with E-state index in [9.17, 15) is 20.1 Å². The van der Waals surface area contributed by atoms with Crippen LogP contribution >= 0.6 is 0 Å². The van der Waals surface area contributed by atoms with Crippen LogP contribution in [0.5, 0.6) is 0 Å². The summed E-state index contributed by atoms with van der Waals surface area (Å²) in [6.45, 7) is 4.22. The van der Waals surface area contributed by atoms with Crippen molar-refractivity contribution in [2.45, 2.75) is 379 Å². The van der Waals surface area contributed by atoms with E-state index in [1.165, 1.54) is 308 Å². The maximum atomic E-state index is 12.6. The second-order valence-corrected chi connectivity index (χ2v) is 22.0. The zero-order valence-corrected chi connectivity index (χ0v) is 46.5. The Morgan fingerprint density at radius 2 is 0.574 bits per heavy atom. The van der Waals surface area contributed by atoms with Gasteiger partial charge in [-0.1, -0.05) is 353 Å². The lowest BCUT2D eigenvalue weighted by Crippen LogP contribution is -2.48. The summed E-state index contributed by atoms with van der Waals surface area (Å²) < 4.78 is 0. The molecule has 0 aromatic rings. The lowest BCUT2D eigenvalue weighted by atomic mass is 10.0. The van der Waals surface area contributed by atoms with Crippen LogP contribution in [0.1, 0.15) is 361 Å². The van der Waals surface area contributed by atoms with Crippen LogP contribution in [-0.4, -0.2) is 46.1 Å². The lowest BCUT2D eigenvalue weighted by Gasteiger charge is -2.21. The van der Waals surface area contributed by atoms with Crippen molar-refractivity contribution in [3.63, 3.8) is 0 Å². The molecule has 5 heteroatoms. The van der Waals surface area contributed by atoms with Gasteiger partial charge < -0.3 is 20.6 Å². The first-order valence-electron chi connectivity index (χ1n) is 31.5. The molecule has 0 aliphatic rings. The Morgan fingerprint density at radius 3 is 0.809 bits per heavy atom. The standard InChI is InChI=1S/C63H125NO4/c1-3-5-7-9-11-13-15-17-19-21-22-23-24-25-26-27-28-29-30-31-32-33-34-35-36-37-38-39-40-41-42-44-46-48-50-52-54-56-58-62(67)63(68)64-60(59-65)61(66)57-55-53-51-49-47-45-43-20-18-16-14-12-10-8-6-4-2/h55,57,60-62,65-67H,3-54,56,58-59H2,1-2H3,(H,64,68)/b57-55+. The molecule has 1 amide bonds. The molecule has 0 rings (SSSR count). The van der Waals surface area contributed by atoms with E-state index in [1.807, 2.05) is 6.08 Å². The van der Waals surface area contributed by atoms with Crippen molar-refractivity contribution in [2.24, 2.45) is 0 Å². The van der Waals surface area contributed by atoms with E-state index in [-0.39, 0.29) is 6.61 Å². The summed E-state index contributed by atoms with van der Waals surface area (Å²) in [6.07, 6.45) is 74.8. The molecule has 4 N–H and O–H groups in total. The molecule has 3 unspecified atom stereocenters. The van der Waals surface area contributed by atoms with Crippen molar-refractivity contribution >= 4 is 5.91 Å². The summed E-state index contributed by atoms with van der Waals surface area (Å²) in [4.78, 5) is 12.6. The molecule has 0 saturated carbocycles. The smallest absolute Gasteiger partial charge is 0.249 e. The molecule has 0 radical (unpaired) electrons. The summed E-state index contributed by atoms with van der Waals surface area (Å²) in [7, 11) is 0. The van der Waals surface area contributed by atoms with Crippen LogP contribution in [0.3, 0.4) is 0 Å². The van der Waals surface area contributed by atoms with Crippen molar-refractivity contribution < 1.29 is 20.1 Å². The first-order chi connectivity index (χ1) is 33.6. The van der Waals surface area contributed by atoms with Crippen LogP contribution in [-0.2, 0) is 4.79 Å². The van der Waals surface area contributed by atoms with E-state index >= 15 is 0 Å². The molecule has 3 atom stereocenters. The van der Waals surface area contributed by atoms with Gasteiger partial charge in [0.1, 0.15) is 6.10 Å². The number of nitrogens with one attached hydrogen (secondary N) is 1. The van der Waals surface area contributed by atoms with Gasteiger partial charge in [-0.05, 0) is 19.3 Å². The van der Waals surface area contributed by atoms with Gasteiger partial charge in [0, 0.05) is 0 Å². The Morgan fingerprint density at radius 1 is 0.353 bits per heavy atom. The predicted molar refractivity (Wildman–Crippen MR) is 301 cm³/mol. The predicted octanol–water partition coefficient (Wildman–Crippen LogP) is 19.8. The van der Waals surface area contributed by atoms with Gasteiger partial charge in [-0.2, -0.15) is 0 Å². The highest BCUT2D eigenvalue weighted by atomic mass is 16.3. The summed E-state index contributed by atoms with van der Waals surface area (Å²) >= 11 is 0. The number of aliphatic hydroxyl groups is 3. The topological polar surface area (TPSA) is 89.8 Å². The Bertz CT molecular complexity index is 971. The average Bonchev–Trinajstić information content (AvgIpc) is 3.34. The van der Waals surface area contributed by atoms with E-state index in [4.69, 9.17) is 0 Å². The number of allylic oxidation sites excluding steroid dienone is 1. The highest BCUT2D eigenvalue weighted by molar-refractivity contribution is 5.80. The lowest BCUT2D eigenvalue weighted by molar-refractivity contribution is -0.131. The largest absolute Gasteiger partial charge is 0.394 e. The van der Waals surface area contributed by atoms with E-state index in [1.54, 1.807) is 6.08 Å². The van der Waals surface area contributed by atoms with Crippen molar-refractivity contribution in [3.05, 3.63) is 12.2 Å². The zero-order valence-electron chi connectivity index (χ0n) is 46.5. The second kappa shape index (κ2) is 58.7. The monoisotopic (exact) mass is 960 g/mol. The molecule has 0 aromatic heterocycles. The van der Waals surface area contributed by atoms with E-state index in [2.05, 4.69) is 19.2 Å². The third kappa shape index (κ3) is 52.9. The first kappa shape index (κ1) is 67.1. The maximum absolute atomic E-state index is 12.6. The molecule has 5 nitrogen and oxygen atoms in total. The molecule has 0 aromatic carbocycles. The number of amides is 1. The minimum atomic E-state index is -1.09. The van der Waals surface area contributed by atoms with E-state index in [0.29, 0.717) is 6.42 Å². The minimum absolute atomic E-state index is 0.359. The molecular weight excluding hydrogens is 835 g/mol. The fourth-order valence-corrected chi connectivity index (χ4v) is 10.3. The van der Waals surface area contributed by atoms with Crippen molar-refractivity contribution in [3.8, 4) is 0 Å². The normalized spacial score (nSPS) is 13.2. The summed E-state index contributed by atoms with van der Waals surface area (Å²) in [5, 5.41) is 33.4. The number of hydrogen-bond donors (Lipinski definition) is 4. The molecule has 68 heavy (non-hydrogen) atoms. The second-order valence-electron chi connectivity index (χ2n) is 22.0. The fraction of sp³-hybridized carbons (Fsp3) is 0.952. The SMILES string of the molecule is CCCCCCCCCCCCCCCC/C=C/C(O)C(CO)NC(=O)C(O)CCCCCCCCCCCCCCCCCCCCCCCCCCCCCCCCCCCCCCCC. The third-order valence-corrected chi connectivity index (χ3v) is 15.1. The van der Waals surface area contributed by atoms with Gasteiger partial charge >= 0.3 is 0 Å². The third-order valence-electron chi connectivity index (χ3n) is 15.1. The molecule has 0 spiro atoms. The van der Waals surface area contributed by atoms with E-state index < -0.39 is 24.2 Å². The molecule has 0 aliphatic heterocycles. The van der Waals surface area contributed by atoms with E-state index in [0.717, 1.165) is 32.1 Å². The Balaban J connectivity index is 3.42. The quantitative estimate of drug-likeness (QED) is 0.0361.